The molecule has 200 valence electrons. The van der Waals surface area contributed by atoms with E-state index in [4.69, 9.17) is 4.74 Å². The third-order valence-electron chi connectivity index (χ3n) is 8.91. The van der Waals surface area contributed by atoms with Gasteiger partial charge in [-0.1, -0.05) is 24.3 Å². The highest BCUT2D eigenvalue weighted by Crippen LogP contribution is 2.35. The van der Waals surface area contributed by atoms with E-state index >= 15 is 0 Å². The number of likely N-dealkylation sites (tertiary alicyclic amines) is 1. The molecule has 1 amide bonds. The Hall–Kier alpha value is -3.71. The summed E-state index contributed by atoms with van der Waals surface area (Å²) in [7, 11) is 0. The number of hydrogen-bond donors (Lipinski definition) is 2. The van der Waals surface area contributed by atoms with Crippen molar-refractivity contribution in [3.05, 3.63) is 65.4 Å². The summed E-state index contributed by atoms with van der Waals surface area (Å²) < 4.78 is 6.04. The molecule has 2 N–H and O–H groups in total. The van der Waals surface area contributed by atoms with E-state index in [1.54, 1.807) is 0 Å². The number of H-pyrrole nitrogens is 1. The normalized spacial score (nSPS) is 23.4. The molecule has 4 heterocycles. The summed E-state index contributed by atoms with van der Waals surface area (Å²) >= 11 is 0. The maximum absolute atomic E-state index is 12.5. The lowest BCUT2D eigenvalue weighted by Crippen LogP contribution is -2.37. The Morgan fingerprint density at radius 2 is 1.79 bits per heavy atom. The third-order valence-corrected chi connectivity index (χ3v) is 8.91. The summed E-state index contributed by atoms with van der Waals surface area (Å²) in [5.74, 6) is 0.484. The summed E-state index contributed by atoms with van der Waals surface area (Å²) in [6, 6.07) is 16.2. The van der Waals surface area contributed by atoms with Gasteiger partial charge in [0.05, 0.1) is 17.8 Å². The Balaban J connectivity index is 1.19. The van der Waals surface area contributed by atoms with Gasteiger partial charge in [0.1, 0.15) is 11.9 Å². The van der Waals surface area contributed by atoms with E-state index in [-0.39, 0.29) is 12.0 Å². The fraction of sp³-hybridized carbons (Fsp3) is 0.406. The number of pyridine rings is 1. The van der Waals surface area contributed by atoms with Crippen LogP contribution in [0, 0.1) is 0 Å². The lowest BCUT2D eigenvalue weighted by molar-refractivity contribution is 0.0952. The van der Waals surface area contributed by atoms with E-state index in [1.165, 1.54) is 48.9 Å². The minimum absolute atomic E-state index is 0.0977. The quantitative estimate of drug-likeness (QED) is 0.346. The van der Waals surface area contributed by atoms with Crippen LogP contribution in [-0.2, 0) is 12.8 Å². The van der Waals surface area contributed by atoms with Crippen LogP contribution in [0.15, 0.2) is 48.7 Å². The molecule has 7 heteroatoms. The summed E-state index contributed by atoms with van der Waals surface area (Å²) in [5.41, 5.74) is 8.27. The maximum Gasteiger partial charge on any atom is 0.255 e. The fourth-order valence-electron chi connectivity index (χ4n) is 6.73. The largest absolute Gasteiger partial charge is 0.488 e. The molecule has 2 aromatic carbocycles. The lowest BCUT2D eigenvalue weighted by atomic mass is 9.96. The molecule has 3 aliphatic rings. The van der Waals surface area contributed by atoms with Gasteiger partial charge in [0, 0.05) is 34.8 Å². The van der Waals surface area contributed by atoms with Gasteiger partial charge in [0.2, 0.25) is 0 Å². The molecule has 0 radical (unpaired) electrons. The lowest BCUT2D eigenvalue weighted by Gasteiger charge is -2.30. The Kier molecular flexibility index (Phi) is 6.11. The summed E-state index contributed by atoms with van der Waals surface area (Å²) in [4.78, 5) is 19.9. The van der Waals surface area contributed by atoms with Gasteiger partial charge in [-0.05, 0) is 93.8 Å². The van der Waals surface area contributed by atoms with E-state index in [0.717, 1.165) is 41.1 Å². The molecule has 2 aromatic heterocycles. The second-order valence-electron chi connectivity index (χ2n) is 11.5. The Morgan fingerprint density at radius 3 is 2.64 bits per heavy atom. The number of benzene rings is 2. The minimum Gasteiger partial charge on any atom is -0.488 e. The van der Waals surface area contributed by atoms with Gasteiger partial charge in [0.25, 0.3) is 5.91 Å². The zero-order valence-electron chi connectivity index (χ0n) is 22.7. The van der Waals surface area contributed by atoms with Gasteiger partial charge in [0.15, 0.2) is 5.65 Å². The Labute approximate surface area is 229 Å². The van der Waals surface area contributed by atoms with Crippen LogP contribution < -0.4 is 10.1 Å². The van der Waals surface area contributed by atoms with E-state index in [1.807, 2.05) is 31.3 Å². The zero-order chi connectivity index (χ0) is 26.5. The molecule has 7 rings (SSSR count). The maximum atomic E-state index is 12.5. The highest BCUT2D eigenvalue weighted by Gasteiger charge is 2.29. The van der Waals surface area contributed by atoms with Gasteiger partial charge < -0.3 is 10.1 Å². The summed E-state index contributed by atoms with van der Waals surface area (Å²) in [6.45, 7) is 6.10. The molecule has 2 aliphatic heterocycles. The average molecular weight is 522 g/mol. The van der Waals surface area contributed by atoms with Crippen LogP contribution in [0.4, 0.5) is 0 Å². The second kappa shape index (κ2) is 9.79. The summed E-state index contributed by atoms with van der Waals surface area (Å²) in [6.07, 6.45) is 9.29. The van der Waals surface area contributed by atoms with E-state index in [0.29, 0.717) is 29.5 Å². The van der Waals surface area contributed by atoms with Crippen molar-refractivity contribution in [2.45, 2.75) is 70.6 Å². The SMILES string of the molecule is C[C@@H]1CNC(=O)c2ccc(-c3[nH]nc4ncc(-c5ccc6c(c5)CCC(N5CCC[C@H]5C)CC6)cc34)cc2O1. The Bertz CT molecular complexity index is 1560. The van der Waals surface area contributed by atoms with E-state index in [9.17, 15) is 4.79 Å². The molecule has 1 fully saturated rings. The van der Waals surface area contributed by atoms with Crippen molar-refractivity contribution in [3.63, 3.8) is 0 Å². The minimum atomic E-state index is -0.108. The van der Waals surface area contributed by atoms with Crippen molar-refractivity contribution in [1.29, 1.82) is 0 Å². The average Bonchev–Trinajstić information content (AvgIpc) is 3.47. The first-order valence-electron chi connectivity index (χ1n) is 14.3. The first kappa shape index (κ1) is 24.3. The number of aryl methyl sites for hydroxylation is 2. The van der Waals surface area contributed by atoms with Gasteiger partial charge in [-0.2, -0.15) is 5.10 Å². The van der Waals surface area contributed by atoms with Gasteiger partial charge in [-0.15, -0.1) is 0 Å². The highest BCUT2D eigenvalue weighted by atomic mass is 16.5. The molecule has 1 unspecified atom stereocenters. The predicted molar refractivity (Wildman–Crippen MR) is 153 cm³/mol. The third kappa shape index (κ3) is 4.48. The van der Waals surface area contributed by atoms with Crippen molar-refractivity contribution in [2.75, 3.05) is 13.1 Å². The highest BCUT2D eigenvalue weighted by molar-refractivity contribution is 5.99. The number of amides is 1. The van der Waals surface area contributed by atoms with E-state index in [2.05, 4.69) is 56.6 Å². The molecule has 0 spiro atoms. The number of carbonyl (C=O) groups excluding carboxylic acids is 1. The number of ether oxygens (including phenoxy) is 1. The van der Waals surface area contributed by atoms with Crippen molar-refractivity contribution in [3.8, 4) is 28.1 Å². The number of fused-ring (bicyclic) bond motifs is 3. The molecule has 1 aliphatic carbocycles. The van der Waals surface area contributed by atoms with Crippen LogP contribution in [0.25, 0.3) is 33.4 Å². The Morgan fingerprint density at radius 1 is 0.949 bits per heavy atom. The number of carbonyl (C=O) groups is 1. The van der Waals surface area contributed by atoms with Gasteiger partial charge >= 0.3 is 0 Å². The standard InChI is InChI=1S/C32H35N5O2/c1-19-4-3-13-37(19)26-10-7-21-5-6-23(14-22(21)8-11-26)25-15-28-30(35-36-31(28)33-18-25)24-9-12-27-29(16-24)39-20(2)17-34-32(27)38/h5-6,9,12,14-16,18-20,26H,3-4,7-8,10-11,13,17H2,1-2H3,(H,34,38)(H,33,35,36)/t19-,20-,26?/m1/s1. The van der Waals surface area contributed by atoms with E-state index < -0.39 is 0 Å². The molecule has 3 atom stereocenters. The number of aromatic nitrogens is 3. The van der Waals surface area contributed by atoms with Crippen LogP contribution in [0.2, 0.25) is 0 Å². The monoisotopic (exact) mass is 521 g/mol. The molecule has 1 saturated heterocycles. The van der Waals surface area contributed by atoms with Crippen molar-refractivity contribution >= 4 is 16.9 Å². The number of rotatable bonds is 3. The van der Waals surface area contributed by atoms with Crippen LogP contribution >= 0.6 is 0 Å². The number of nitrogens with one attached hydrogen (secondary N) is 2. The molecule has 0 bridgehead atoms. The topological polar surface area (TPSA) is 83.1 Å². The van der Waals surface area contributed by atoms with Crippen molar-refractivity contribution in [1.82, 2.24) is 25.4 Å². The predicted octanol–water partition coefficient (Wildman–Crippen LogP) is 5.53. The molecule has 0 saturated carbocycles. The van der Waals surface area contributed by atoms with Crippen LogP contribution in [0.1, 0.15) is 61.0 Å². The van der Waals surface area contributed by atoms with Crippen molar-refractivity contribution in [2.24, 2.45) is 0 Å². The molecule has 4 aromatic rings. The number of hydrogen-bond acceptors (Lipinski definition) is 5. The summed E-state index contributed by atoms with van der Waals surface area (Å²) in [5, 5.41) is 11.5. The molecule has 39 heavy (non-hydrogen) atoms. The van der Waals surface area contributed by atoms with Crippen LogP contribution in [-0.4, -0.2) is 57.3 Å². The second-order valence-corrected chi connectivity index (χ2v) is 11.5. The molecule has 7 nitrogen and oxygen atoms in total. The number of aromatic amines is 1. The van der Waals surface area contributed by atoms with Crippen molar-refractivity contribution < 1.29 is 9.53 Å². The van der Waals surface area contributed by atoms with Crippen LogP contribution in [0.5, 0.6) is 5.75 Å². The molecular weight excluding hydrogens is 486 g/mol. The van der Waals surface area contributed by atoms with Gasteiger partial charge in [-0.3, -0.25) is 14.8 Å². The van der Waals surface area contributed by atoms with Crippen LogP contribution in [0.3, 0.4) is 0 Å². The first-order valence-corrected chi connectivity index (χ1v) is 14.3. The molecular formula is C32H35N5O2. The smallest absolute Gasteiger partial charge is 0.255 e. The fourth-order valence-corrected chi connectivity index (χ4v) is 6.73. The zero-order valence-corrected chi connectivity index (χ0v) is 22.7. The number of nitrogens with zero attached hydrogens (tertiary/aromatic N) is 3. The first-order chi connectivity index (χ1) is 19.0. The van der Waals surface area contributed by atoms with Gasteiger partial charge in [-0.25, -0.2) is 4.98 Å².